The summed E-state index contributed by atoms with van der Waals surface area (Å²) in [6.07, 6.45) is 9.04. The number of rotatable bonds is 4. The number of amides is 1. The van der Waals surface area contributed by atoms with Crippen LogP contribution in [-0.2, 0) is 11.3 Å². The fourth-order valence-corrected chi connectivity index (χ4v) is 4.98. The molecule has 1 unspecified atom stereocenters. The number of anilines is 1. The molecule has 1 amide bonds. The predicted molar refractivity (Wildman–Crippen MR) is 117 cm³/mol. The standard InChI is InChI=1S/C23H23N7O/c31-22-23(7-10-28(22)14-17-13-25-19-4-2-1-3-18(17)19)8-11-29(15-23)20-5-6-21(27-26-20)30-12-9-24-16-30/h1-6,9,12-13,16,25H,7-8,10-11,14-15H2. The van der Waals surface area contributed by atoms with Crippen LogP contribution in [0.5, 0.6) is 0 Å². The third-order valence-corrected chi connectivity index (χ3v) is 6.72. The van der Waals surface area contributed by atoms with Crippen molar-refractivity contribution in [2.75, 3.05) is 24.5 Å². The van der Waals surface area contributed by atoms with Crippen LogP contribution < -0.4 is 4.90 Å². The minimum atomic E-state index is -0.309. The first-order valence-corrected chi connectivity index (χ1v) is 10.6. The molecule has 0 bridgehead atoms. The summed E-state index contributed by atoms with van der Waals surface area (Å²) in [5.41, 5.74) is 1.98. The maximum Gasteiger partial charge on any atom is 0.231 e. The second-order valence-corrected chi connectivity index (χ2v) is 8.51. The highest BCUT2D eigenvalue weighted by Crippen LogP contribution is 2.42. The van der Waals surface area contributed by atoms with Crippen LogP contribution in [0.3, 0.4) is 0 Å². The molecule has 2 aliphatic rings. The number of nitrogens with zero attached hydrogens (tertiary/aromatic N) is 6. The summed E-state index contributed by atoms with van der Waals surface area (Å²) in [5.74, 6) is 1.82. The summed E-state index contributed by atoms with van der Waals surface area (Å²) >= 11 is 0. The first-order valence-electron chi connectivity index (χ1n) is 10.6. The molecule has 5 heterocycles. The topological polar surface area (TPSA) is 82.9 Å². The van der Waals surface area contributed by atoms with Gasteiger partial charge in [-0.3, -0.25) is 9.36 Å². The summed E-state index contributed by atoms with van der Waals surface area (Å²) in [4.78, 5) is 25.0. The highest BCUT2D eigenvalue weighted by Gasteiger charge is 2.51. The minimum absolute atomic E-state index is 0.267. The number of aromatic nitrogens is 5. The van der Waals surface area contributed by atoms with E-state index in [0.29, 0.717) is 13.1 Å². The molecule has 2 saturated heterocycles. The number of fused-ring (bicyclic) bond motifs is 1. The number of aromatic amines is 1. The van der Waals surface area contributed by atoms with E-state index in [1.54, 1.807) is 12.5 Å². The molecule has 8 nitrogen and oxygen atoms in total. The van der Waals surface area contributed by atoms with Crippen molar-refractivity contribution in [1.82, 2.24) is 29.6 Å². The summed E-state index contributed by atoms with van der Waals surface area (Å²) < 4.78 is 1.82. The maximum absolute atomic E-state index is 13.4. The number of nitrogens with one attached hydrogen (secondary N) is 1. The zero-order valence-electron chi connectivity index (χ0n) is 17.1. The number of H-pyrrole nitrogens is 1. The van der Waals surface area contributed by atoms with Crippen molar-refractivity contribution in [1.29, 1.82) is 0 Å². The Morgan fingerprint density at radius 3 is 2.71 bits per heavy atom. The second-order valence-electron chi connectivity index (χ2n) is 8.51. The van der Waals surface area contributed by atoms with Crippen LogP contribution in [-0.4, -0.2) is 55.2 Å². The van der Waals surface area contributed by atoms with Gasteiger partial charge >= 0.3 is 0 Å². The lowest BCUT2D eigenvalue weighted by Gasteiger charge is -2.24. The largest absolute Gasteiger partial charge is 0.361 e. The van der Waals surface area contributed by atoms with Crippen LogP contribution in [0.25, 0.3) is 16.7 Å². The smallest absolute Gasteiger partial charge is 0.231 e. The van der Waals surface area contributed by atoms with Crippen molar-refractivity contribution in [3.8, 4) is 5.82 Å². The van der Waals surface area contributed by atoms with Crippen LogP contribution in [0.1, 0.15) is 18.4 Å². The zero-order valence-corrected chi connectivity index (χ0v) is 17.1. The van der Waals surface area contributed by atoms with Crippen LogP contribution in [0, 0.1) is 5.41 Å². The summed E-state index contributed by atoms with van der Waals surface area (Å²) in [6.45, 7) is 2.99. The van der Waals surface area contributed by atoms with Crippen LogP contribution >= 0.6 is 0 Å². The molecule has 0 aliphatic carbocycles. The average molecular weight is 413 g/mol. The summed E-state index contributed by atoms with van der Waals surface area (Å²) in [5, 5.41) is 9.93. The molecule has 0 radical (unpaired) electrons. The third-order valence-electron chi connectivity index (χ3n) is 6.72. The van der Waals surface area contributed by atoms with Gasteiger partial charge in [0.2, 0.25) is 5.91 Å². The molecule has 1 N–H and O–H groups in total. The summed E-state index contributed by atoms with van der Waals surface area (Å²) in [7, 11) is 0. The van der Waals surface area contributed by atoms with Gasteiger partial charge in [0.25, 0.3) is 0 Å². The van der Waals surface area contributed by atoms with Crippen molar-refractivity contribution in [2.24, 2.45) is 5.41 Å². The fraction of sp³-hybridized carbons (Fsp3) is 0.304. The molecule has 4 aromatic rings. The highest BCUT2D eigenvalue weighted by atomic mass is 16.2. The molecule has 1 atom stereocenters. The van der Waals surface area contributed by atoms with Gasteiger partial charge < -0.3 is 14.8 Å². The Labute approximate surface area is 179 Å². The first kappa shape index (κ1) is 18.1. The number of imidazole rings is 1. The monoisotopic (exact) mass is 413 g/mol. The minimum Gasteiger partial charge on any atom is -0.361 e. The maximum atomic E-state index is 13.4. The molecule has 6 rings (SSSR count). The van der Waals surface area contributed by atoms with Crippen molar-refractivity contribution in [2.45, 2.75) is 19.4 Å². The van der Waals surface area contributed by atoms with E-state index >= 15 is 0 Å². The number of carbonyl (C=O) groups is 1. The molecular weight excluding hydrogens is 390 g/mol. The molecule has 0 saturated carbocycles. The van der Waals surface area contributed by atoms with Gasteiger partial charge in [-0.25, -0.2) is 4.98 Å². The van der Waals surface area contributed by atoms with Gasteiger partial charge in [0.1, 0.15) is 6.33 Å². The first-order chi connectivity index (χ1) is 15.2. The molecule has 156 valence electrons. The third kappa shape index (κ3) is 2.98. The van der Waals surface area contributed by atoms with Crippen LogP contribution in [0.2, 0.25) is 0 Å². The lowest BCUT2D eigenvalue weighted by atomic mass is 9.85. The number of hydrogen-bond acceptors (Lipinski definition) is 5. The number of benzene rings is 1. The van der Waals surface area contributed by atoms with E-state index in [-0.39, 0.29) is 11.3 Å². The quantitative estimate of drug-likeness (QED) is 0.556. The van der Waals surface area contributed by atoms with E-state index in [9.17, 15) is 4.79 Å². The number of likely N-dealkylation sites (tertiary alicyclic amines) is 1. The van der Waals surface area contributed by atoms with Crippen LogP contribution in [0.15, 0.2) is 61.3 Å². The lowest BCUT2D eigenvalue weighted by molar-refractivity contribution is -0.135. The Hall–Kier alpha value is -3.68. The van der Waals surface area contributed by atoms with E-state index in [2.05, 4.69) is 37.2 Å². The highest BCUT2D eigenvalue weighted by molar-refractivity contribution is 5.88. The number of carbonyl (C=O) groups excluding carboxylic acids is 1. The molecule has 8 heteroatoms. The van der Waals surface area contributed by atoms with Crippen molar-refractivity contribution in [3.05, 3.63) is 66.9 Å². The SMILES string of the molecule is O=C1N(Cc2c[nH]c3ccccc23)CCC12CCN(c1ccc(-n3ccnc3)nn1)C2. The molecule has 2 aliphatic heterocycles. The second kappa shape index (κ2) is 6.94. The molecule has 31 heavy (non-hydrogen) atoms. The van der Waals surface area contributed by atoms with E-state index in [4.69, 9.17) is 0 Å². The Morgan fingerprint density at radius 2 is 1.87 bits per heavy atom. The van der Waals surface area contributed by atoms with E-state index in [1.807, 2.05) is 46.1 Å². The van der Waals surface area contributed by atoms with Gasteiger partial charge in [-0.05, 0) is 36.6 Å². The average Bonchev–Trinajstić information content (AvgIpc) is 3.60. The molecular formula is C23H23N7O. The molecule has 1 spiro atoms. The van der Waals surface area contributed by atoms with E-state index in [1.165, 1.54) is 10.9 Å². The van der Waals surface area contributed by atoms with E-state index in [0.717, 1.165) is 43.1 Å². The van der Waals surface area contributed by atoms with Gasteiger partial charge in [-0.15, -0.1) is 10.2 Å². The lowest BCUT2D eigenvalue weighted by Crippen LogP contribution is -2.36. The molecule has 1 aromatic carbocycles. The van der Waals surface area contributed by atoms with Gasteiger partial charge in [-0.2, -0.15) is 0 Å². The van der Waals surface area contributed by atoms with E-state index < -0.39 is 0 Å². The Balaban J connectivity index is 1.17. The van der Waals surface area contributed by atoms with Crippen molar-refractivity contribution in [3.63, 3.8) is 0 Å². The Morgan fingerprint density at radius 1 is 1.03 bits per heavy atom. The van der Waals surface area contributed by atoms with Crippen molar-refractivity contribution < 1.29 is 4.79 Å². The van der Waals surface area contributed by atoms with Gasteiger partial charge in [-0.1, -0.05) is 18.2 Å². The van der Waals surface area contributed by atoms with Gasteiger partial charge in [0.05, 0.1) is 5.41 Å². The Bertz CT molecular complexity index is 1230. The normalized spacial score (nSPS) is 21.1. The predicted octanol–water partition coefficient (Wildman–Crippen LogP) is 2.77. The van der Waals surface area contributed by atoms with Gasteiger partial charge in [0.15, 0.2) is 11.6 Å². The van der Waals surface area contributed by atoms with Crippen LogP contribution in [0.4, 0.5) is 5.82 Å². The Kier molecular flexibility index (Phi) is 4.05. The summed E-state index contributed by atoms with van der Waals surface area (Å²) in [6, 6.07) is 12.2. The number of para-hydroxylation sites is 1. The molecule has 3 aromatic heterocycles. The zero-order chi connectivity index (χ0) is 20.8. The van der Waals surface area contributed by atoms with Gasteiger partial charge in [0, 0.05) is 55.7 Å². The molecule has 2 fully saturated rings. The fourth-order valence-electron chi connectivity index (χ4n) is 4.98. The van der Waals surface area contributed by atoms with Crippen molar-refractivity contribution >= 4 is 22.6 Å². The number of hydrogen-bond donors (Lipinski definition) is 1.